The molecule has 16 heavy (non-hydrogen) atoms. The van der Waals surface area contributed by atoms with E-state index in [-0.39, 0.29) is 6.04 Å². The number of rotatable bonds is 4. The third kappa shape index (κ3) is 5.41. The molecule has 0 bridgehead atoms. The van der Waals surface area contributed by atoms with Gasteiger partial charge < -0.3 is 0 Å². The Morgan fingerprint density at radius 1 is 1.31 bits per heavy atom. The van der Waals surface area contributed by atoms with Crippen LogP contribution in [0.25, 0.3) is 0 Å². The van der Waals surface area contributed by atoms with Gasteiger partial charge in [0.15, 0.2) is 0 Å². The van der Waals surface area contributed by atoms with Crippen LogP contribution in [0.3, 0.4) is 0 Å². The van der Waals surface area contributed by atoms with Crippen LogP contribution in [-0.2, 0) is 0 Å². The first-order chi connectivity index (χ1) is 7.20. The zero-order chi connectivity index (χ0) is 12.9. The van der Waals surface area contributed by atoms with Crippen LogP contribution in [0.15, 0.2) is 4.99 Å². The molecule has 0 fully saturated rings. The Balaban J connectivity index is 4.81. The van der Waals surface area contributed by atoms with Crippen molar-refractivity contribution in [2.45, 2.75) is 58.8 Å². The summed E-state index contributed by atoms with van der Waals surface area (Å²) in [6, 6.07) is -1.42. The summed E-state index contributed by atoms with van der Waals surface area (Å²) in [6.45, 7) is 6.87. The molecular weight excluding hydrogens is 324 g/mol. The number of halogens is 3. The molecule has 2 nitrogen and oxygen atoms in total. The van der Waals surface area contributed by atoms with Crippen LogP contribution < -0.4 is 0 Å². The first kappa shape index (κ1) is 16.1. The van der Waals surface area contributed by atoms with Crippen LogP contribution in [0.2, 0.25) is 0 Å². The fourth-order valence-corrected chi connectivity index (χ4v) is 2.04. The Kier molecular flexibility index (Phi) is 6.74. The molecule has 1 atom stereocenters. The van der Waals surface area contributed by atoms with E-state index >= 15 is 0 Å². The van der Waals surface area contributed by atoms with Gasteiger partial charge in [0.1, 0.15) is 0 Å². The second kappa shape index (κ2) is 6.71. The van der Waals surface area contributed by atoms with Crippen molar-refractivity contribution in [1.29, 1.82) is 0 Å². The molecule has 0 N–H and O–H groups in total. The zero-order valence-corrected chi connectivity index (χ0v) is 13.0. The average Bonchev–Trinajstić information content (AvgIpc) is 2.12. The van der Waals surface area contributed by atoms with Crippen LogP contribution in [-0.4, -0.2) is 50.0 Å². The summed E-state index contributed by atoms with van der Waals surface area (Å²) in [5, 5.41) is 0. The Hall–Kier alpha value is 0.0587. The van der Waals surface area contributed by atoms with Crippen LogP contribution in [0, 0.1) is 0 Å². The van der Waals surface area contributed by atoms with Crippen LogP contribution in [0.4, 0.5) is 13.2 Å². The molecule has 0 heterocycles. The SMILES string of the molecule is CCCC(=NC(C)C)[N]([Sn])C(C)C(F)(F)F. The topological polar surface area (TPSA) is 15.6 Å². The predicted octanol–water partition coefficient (Wildman–Crippen LogP) is 2.93. The maximum atomic E-state index is 12.6. The van der Waals surface area contributed by atoms with E-state index in [0.717, 1.165) is 29.2 Å². The summed E-state index contributed by atoms with van der Waals surface area (Å²) in [7, 11) is 0. The average molecular weight is 342 g/mol. The van der Waals surface area contributed by atoms with Crippen molar-refractivity contribution in [2.24, 2.45) is 4.99 Å². The molecular formula is C10H18F3N2Sn. The standard InChI is InChI=1S/C10H18F3N2.Sn/c1-5-6-9(14-7(2)3)15-8(4)10(11,12)13;/h7-8H,5-6H2,1-4H3;/q-1;+1. The minimum atomic E-state index is -4.19. The Morgan fingerprint density at radius 2 is 1.81 bits per heavy atom. The van der Waals surface area contributed by atoms with Gasteiger partial charge >= 0.3 is 109 Å². The normalized spacial score (nSPS) is 15.4. The van der Waals surface area contributed by atoms with Crippen LogP contribution in [0.5, 0.6) is 0 Å². The van der Waals surface area contributed by atoms with Gasteiger partial charge in [-0.2, -0.15) is 0 Å². The fraction of sp³-hybridized carbons (Fsp3) is 0.900. The van der Waals surface area contributed by atoms with Gasteiger partial charge in [0.05, 0.1) is 0 Å². The molecule has 0 aliphatic heterocycles. The first-order valence-corrected chi connectivity index (χ1v) is 6.61. The third-order valence-electron chi connectivity index (χ3n) is 2.02. The molecule has 0 aliphatic rings. The van der Waals surface area contributed by atoms with Crippen molar-refractivity contribution in [2.75, 3.05) is 0 Å². The van der Waals surface area contributed by atoms with Crippen molar-refractivity contribution in [3.05, 3.63) is 0 Å². The van der Waals surface area contributed by atoms with Gasteiger partial charge in [0.2, 0.25) is 0 Å². The number of amidine groups is 1. The van der Waals surface area contributed by atoms with Crippen molar-refractivity contribution in [3.63, 3.8) is 0 Å². The van der Waals surface area contributed by atoms with Gasteiger partial charge in [-0.1, -0.05) is 0 Å². The second-order valence-corrected chi connectivity index (χ2v) is 5.35. The molecule has 0 amide bonds. The molecule has 1 unspecified atom stereocenters. The third-order valence-corrected chi connectivity index (χ3v) is 3.86. The summed E-state index contributed by atoms with van der Waals surface area (Å²) in [6.07, 6.45) is -2.78. The number of aliphatic imine (C=N–C) groups is 1. The Labute approximate surface area is 109 Å². The van der Waals surface area contributed by atoms with Gasteiger partial charge in [-0.25, -0.2) is 0 Å². The first-order valence-electron chi connectivity index (χ1n) is 5.34. The number of alkyl halides is 3. The second-order valence-electron chi connectivity index (χ2n) is 3.98. The van der Waals surface area contributed by atoms with E-state index in [2.05, 4.69) is 4.99 Å². The van der Waals surface area contributed by atoms with E-state index in [1.807, 2.05) is 20.8 Å². The van der Waals surface area contributed by atoms with E-state index in [4.69, 9.17) is 0 Å². The van der Waals surface area contributed by atoms with Gasteiger partial charge in [-0.15, -0.1) is 0 Å². The summed E-state index contributed by atoms with van der Waals surface area (Å²) in [5.74, 6) is 0.570. The van der Waals surface area contributed by atoms with Crippen LogP contribution in [0.1, 0.15) is 40.5 Å². The quantitative estimate of drug-likeness (QED) is 0.436. The van der Waals surface area contributed by atoms with Crippen molar-refractivity contribution < 1.29 is 13.2 Å². The molecule has 0 aliphatic carbocycles. The van der Waals surface area contributed by atoms with Crippen molar-refractivity contribution in [3.8, 4) is 0 Å². The van der Waals surface area contributed by atoms with Crippen molar-refractivity contribution in [1.82, 2.24) is 3.12 Å². The van der Waals surface area contributed by atoms with Gasteiger partial charge in [0, 0.05) is 0 Å². The summed E-state index contributed by atoms with van der Waals surface area (Å²) in [4.78, 5) is 4.27. The molecule has 0 saturated heterocycles. The Morgan fingerprint density at radius 3 is 2.12 bits per heavy atom. The monoisotopic (exact) mass is 343 g/mol. The molecule has 0 spiro atoms. The zero-order valence-electron chi connectivity index (χ0n) is 10.1. The molecule has 6 heteroatoms. The fourth-order valence-electron chi connectivity index (χ4n) is 1.14. The van der Waals surface area contributed by atoms with E-state index in [1.54, 1.807) is 0 Å². The number of hydrogen-bond acceptors (Lipinski definition) is 1. The van der Waals surface area contributed by atoms with E-state index < -0.39 is 12.2 Å². The minimum absolute atomic E-state index is 0.0324. The Bertz CT molecular complexity index is 239. The maximum absolute atomic E-state index is 12.6. The van der Waals surface area contributed by atoms with Gasteiger partial charge in [-0.3, -0.25) is 0 Å². The van der Waals surface area contributed by atoms with Gasteiger partial charge in [0.25, 0.3) is 0 Å². The van der Waals surface area contributed by atoms with E-state index in [0.29, 0.717) is 12.3 Å². The molecule has 0 saturated carbocycles. The molecule has 0 aromatic carbocycles. The molecule has 3 radical (unpaired) electrons. The van der Waals surface area contributed by atoms with Crippen molar-refractivity contribution >= 4 is 28.6 Å². The molecule has 0 aromatic heterocycles. The summed E-state index contributed by atoms with van der Waals surface area (Å²) in [5.41, 5.74) is 0. The molecule has 0 aromatic rings. The van der Waals surface area contributed by atoms with E-state index in [9.17, 15) is 13.2 Å². The van der Waals surface area contributed by atoms with Crippen LogP contribution >= 0.6 is 0 Å². The number of hydrogen-bond donors (Lipinski definition) is 0. The predicted molar refractivity (Wildman–Crippen MR) is 60.6 cm³/mol. The molecule has 0 rings (SSSR count). The van der Waals surface area contributed by atoms with E-state index in [1.165, 1.54) is 10.0 Å². The van der Waals surface area contributed by atoms with Gasteiger partial charge in [-0.05, 0) is 0 Å². The summed E-state index contributed by atoms with van der Waals surface area (Å²) >= 11 is 0.731. The summed E-state index contributed by atoms with van der Waals surface area (Å²) < 4.78 is 39.0. The molecule has 93 valence electrons. The number of nitrogens with zero attached hydrogens (tertiary/aromatic N) is 2.